The van der Waals surface area contributed by atoms with Crippen LogP contribution >= 0.6 is 0 Å². The van der Waals surface area contributed by atoms with E-state index in [1.54, 1.807) is 0 Å². The summed E-state index contributed by atoms with van der Waals surface area (Å²) in [5.41, 5.74) is 10.2. The van der Waals surface area contributed by atoms with Crippen molar-refractivity contribution in [3.05, 3.63) is 145 Å². The highest BCUT2D eigenvalue weighted by molar-refractivity contribution is 6.23. The lowest BCUT2D eigenvalue weighted by molar-refractivity contribution is 0.418. The molecule has 0 spiro atoms. The molecule has 3 nitrogen and oxygen atoms in total. The number of benzene rings is 7. The van der Waals surface area contributed by atoms with Gasteiger partial charge in [0.25, 0.3) is 0 Å². The fourth-order valence-corrected chi connectivity index (χ4v) is 7.59. The average molecular weight is 593 g/mol. The van der Waals surface area contributed by atoms with Crippen molar-refractivity contribution in [1.29, 1.82) is 0 Å². The summed E-state index contributed by atoms with van der Waals surface area (Å²) in [6.07, 6.45) is 0. The van der Waals surface area contributed by atoms with Crippen LogP contribution in [0.25, 0.3) is 76.9 Å². The van der Waals surface area contributed by atoms with Gasteiger partial charge in [0.2, 0.25) is 0 Å². The summed E-state index contributed by atoms with van der Waals surface area (Å²) in [5, 5.41) is 6.89. The Morgan fingerprint density at radius 3 is 2.00 bits per heavy atom. The van der Waals surface area contributed by atoms with E-state index in [9.17, 15) is 0 Å². The van der Waals surface area contributed by atoms with Crippen molar-refractivity contribution in [2.24, 2.45) is 0 Å². The molecular weight excluding hydrogens is 564 g/mol. The molecule has 0 N–H and O–H groups in total. The lowest BCUT2D eigenvalue weighted by Crippen LogP contribution is -2.24. The van der Waals surface area contributed by atoms with Gasteiger partial charge in [-0.1, -0.05) is 98.8 Å². The second kappa shape index (κ2) is 9.12. The first-order valence-corrected chi connectivity index (χ1v) is 15.7. The third-order valence-corrected chi connectivity index (χ3v) is 9.94. The molecule has 0 unspecified atom stereocenters. The molecule has 0 bridgehead atoms. The predicted molar refractivity (Wildman–Crippen MR) is 188 cm³/mol. The quantitative estimate of drug-likeness (QED) is 0.200. The van der Waals surface area contributed by atoms with Gasteiger partial charge >= 0.3 is 0 Å². The van der Waals surface area contributed by atoms with E-state index >= 15 is 0 Å². The molecule has 0 radical (unpaired) electrons. The normalized spacial score (nSPS) is 13.8. The van der Waals surface area contributed by atoms with Crippen LogP contribution in [0.1, 0.15) is 25.0 Å². The maximum absolute atomic E-state index is 6.57. The number of hydrogen-bond acceptors (Lipinski definition) is 3. The van der Waals surface area contributed by atoms with Gasteiger partial charge in [-0.15, -0.1) is 0 Å². The highest BCUT2D eigenvalue weighted by Gasteiger charge is 2.34. The summed E-state index contributed by atoms with van der Waals surface area (Å²) in [7, 11) is 0. The number of furan rings is 2. The van der Waals surface area contributed by atoms with Crippen molar-refractivity contribution in [2.45, 2.75) is 19.3 Å². The van der Waals surface area contributed by atoms with Crippen molar-refractivity contribution in [3.63, 3.8) is 0 Å². The number of rotatable bonds is 2. The van der Waals surface area contributed by atoms with Gasteiger partial charge in [0, 0.05) is 38.1 Å². The van der Waals surface area contributed by atoms with Gasteiger partial charge in [-0.2, -0.15) is 0 Å². The minimum absolute atomic E-state index is 0.136. The Bertz CT molecular complexity index is 2700. The van der Waals surface area contributed by atoms with Gasteiger partial charge in [-0.3, -0.25) is 0 Å². The molecule has 7 aromatic carbocycles. The van der Waals surface area contributed by atoms with Crippen molar-refractivity contribution in [3.8, 4) is 33.8 Å². The molecule has 0 saturated heterocycles. The Kier molecular flexibility index (Phi) is 5.06. The second-order valence-electron chi connectivity index (χ2n) is 12.9. The molecule has 1 aliphatic rings. The van der Waals surface area contributed by atoms with Gasteiger partial charge < -0.3 is 13.6 Å². The van der Waals surface area contributed by atoms with E-state index in [0.717, 1.165) is 77.6 Å². The molecule has 3 heterocycles. The van der Waals surface area contributed by atoms with E-state index in [2.05, 4.69) is 141 Å². The Labute approximate surface area is 265 Å². The van der Waals surface area contributed by atoms with Gasteiger partial charge in [0.1, 0.15) is 33.8 Å². The van der Waals surface area contributed by atoms with Crippen LogP contribution in [0, 0.1) is 0 Å². The molecule has 0 amide bonds. The Morgan fingerprint density at radius 2 is 1.11 bits per heavy atom. The molecule has 0 saturated carbocycles. The Morgan fingerprint density at radius 1 is 0.435 bits per heavy atom. The summed E-state index contributed by atoms with van der Waals surface area (Å²) in [5.74, 6) is 1.83. The lowest BCUT2D eigenvalue weighted by atomic mass is 9.75. The van der Waals surface area contributed by atoms with Crippen LogP contribution in [0.2, 0.25) is 0 Å². The summed E-state index contributed by atoms with van der Waals surface area (Å²) < 4.78 is 19.3. The zero-order valence-corrected chi connectivity index (χ0v) is 25.4. The SMILES string of the molecule is CC1(C)c2ccccc2Oc2cc(-c3ccc4c(c3)oc3cc(-c5cccc6oc7ccc8ccccc8c7c56)ccc34)ccc21. The third-order valence-electron chi connectivity index (χ3n) is 9.94. The fraction of sp³-hybridized carbons (Fsp3) is 0.0698. The zero-order chi connectivity index (χ0) is 30.6. The molecule has 10 rings (SSSR count). The molecule has 0 fully saturated rings. The number of fused-ring (bicyclic) bond motifs is 10. The number of ether oxygens (including phenoxy) is 1. The lowest BCUT2D eigenvalue weighted by Gasteiger charge is -2.34. The Balaban J connectivity index is 1.09. The minimum atomic E-state index is -0.136. The average Bonchev–Trinajstić information content (AvgIpc) is 3.66. The van der Waals surface area contributed by atoms with Gasteiger partial charge in [-0.05, 0) is 81.6 Å². The molecular formula is C43H28O3. The monoisotopic (exact) mass is 592 g/mol. The van der Waals surface area contributed by atoms with Crippen LogP contribution in [-0.4, -0.2) is 0 Å². The summed E-state index contributed by atoms with van der Waals surface area (Å²) >= 11 is 0. The molecule has 1 aliphatic heterocycles. The standard InChI is InChI=1S/C43H28O3/c1-43(2)33-11-5-6-12-35(33)44-40-23-27(16-20-34(40)43)26-14-18-31-32-19-15-28(24-39(32)46-38(31)22-26)30-10-7-13-36-42(30)41-29-9-4-3-8-25(29)17-21-37(41)45-36/h3-24H,1-2H3. The highest BCUT2D eigenvalue weighted by atomic mass is 16.5. The van der Waals surface area contributed by atoms with Crippen molar-refractivity contribution >= 4 is 54.6 Å². The third kappa shape index (κ3) is 3.54. The van der Waals surface area contributed by atoms with Crippen LogP contribution < -0.4 is 4.74 Å². The summed E-state index contributed by atoms with van der Waals surface area (Å²) in [6, 6.07) is 47.0. The van der Waals surface area contributed by atoms with Crippen LogP contribution in [0.4, 0.5) is 0 Å². The smallest absolute Gasteiger partial charge is 0.136 e. The number of para-hydroxylation sites is 1. The van der Waals surface area contributed by atoms with Crippen LogP contribution in [0.3, 0.4) is 0 Å². The zero-order valence-electron chi connectivity index (χ0n) is 25.4. The second-order valence-corrected chi connectivity index (χ2v) is 12.9. The van der Waals surface area contributed by atoms with E-state index in [4.69, 9.17) is 13.6 Å². The predicted octanol–water partition coefficient (Wildman–Crippen LogP) is 12.4. The van der Waals surface area contributed by atoms with Crippen molar-refractivity contribution < 1.29 is 13.6 Å². The van der Waals surface area contributed by atoms with Gasteiger partial charge in [0.15, 0.2) is 0 Å². The van der Waals surface area contributed by atoms with Gasteiger partial charge in [-0.25, -0.2) is 0 Å². The molecule has 46 heavy (non-hydrogen) atoms. The van der Waals surface area contributed by atoms with Crippen molar-refractivity contribution in [1.82, 2.24) is 0 Å². The minimum Gasteiger partial charge on any atom is -0.457 e. The van der Waals surface area contributed by atoms with Crippen molar-refractivity contribution in [2.75, 3.05) is 0 Å². The van der Waals surface area contributed by atoms with Gasteiger partial charge in [0.05, 0.1) is 0 Å². The highest BCUT2D eigenvalue weighted by Crippen LogP contribution is 2.49. The van der Waals surface area contributed by atoms with Crippen LogP contribution in [0.5, 0.6) is 11.5 Å². The molecule has 0 aliphatic carbocycles. The molecule has 2 aromatic heterocycles. The first kappa shape index (κ1) is 25.5. The first-order chi connectivity index (χ1) is 22.5. The fourth-order valence-electron chi connectivity index (χ4n) is 7.59. The molecule has 218 valence electrons. The van der Waals surface area contributed by atoms with Crippen LogP contribution in [-0.2, 0) is 5.41 Å². The van der Waals surface area contributed by atoms with Crippen LogP contribution in [0.15, 0.2) is 142 Å². The molecule has 0 atom stereocenters. The van der Waals surface area contributed by atoms with E-state index in [1.807, 2.05) is 6.07 Å². The van der Waals surface area contributed by atoms with E-state index in [0.29, 0.717) is 0 Å². The maximum Gasteiger partial charge on any atom is 0.136 e. The molecule has 3 heteroatoms. The number of hydrogen-bond donors (Lipinski definition) is 0. The largest absolute Gasteiger partial charge is 0.457 e. The first-order valence-electron chi connectivity index (χ1n) is 15.7. The van der Waals surface area contributed by atoms with E-state index in [1.165, 1.54) is 21.9 Å². The summed E-state index contributed by atoms with van der Waals surface area (Å²) in [4.78, 5) is 0. The summed E-state index contributed by atoms with van der Waals surface area (Å²) in [6.45, 7) is 4.53. The van der Waals surface area contributed by atoms with E-state index < -0.39 is 0 Å². The Hall–Kier alpha value is -5.80. The topological polar surface area (TPSA) is 35.5 Å². The maximum atomic E-state index is 6.57. The molecule has 9 aromatic rings. The van der Waals surface area contributed by atoms with E-state index in [-0.39, 0.29) is 5.41 Å².